The van der Waals surface area contributed by atoms with Crippen LogP contribution in [0.15, 0.2) is 82.5 Å². The van der Waals surface area contributed by atoms with Crippen LogP contribution in [0.3, 0.4) is 0 Å². The highest BCUT2D eigenvalue weighted by Gasteiger charge is 2.42. The molecule has 1 atom stereocenters. The number of azo groups is 1. The summed E-state index contributed by atoms with van der Waals surface area (Å²) in [5.41, 5.74) is 6.78. The number of hydrogen-bond donors (Lipinski definition) is 3. The van der Waals surface area contributed by atoms with Gasteiger partial charge in [-0.15, -0.1) is 0 Å². The maximum absolute atomic E-state index is 13.4. The lowest BCUT2D eigenvalue weighted by Crippen LogP contribution is -2.44. The summed E-state index contributed by atoms with van der Waals surface area (Å²) in [5.74, 6) is -0.401. The SMILES string of the molecule is COc1ccc(C2=C3C(=O)c4c(NC(=O)NNC(=O)c5cccc([N+](=O)[O-])c5)cccc4C3N=N2)cc1. The maximum Gasteiger partial charge on any atom is 0.337 e. The zero-order valence-electron chi connectivity index (χ0n) is 19.2. The van der Waals surface area contributed by atoms with Crippen LogP contribution < -0.4 is 20.9 Å². The average Bonchev–Trinajstić information content (AvgIpc) is 3.47. The summed E-state index contributed by atoms with van der Waals surface area (Å²) in [4.78, 5) is 48.5. The van der Waals surface area contributed by atoms with E-state index in [1.54, 1.807) is 49.6 Å². The Morgan fingerprint density at radius 2 is 1.78 bits per heavy atom. The van der Waals surface area contributed by atoms with E-state index in [9.17, 15) is 24.5 Å². The molecule has 0 radical (unpaired) electrons. The second kappa shape index (κ2) is 9.34. The molecule has 0 saturated heterocycles. The number of Topliss-reactive ketones (excluding diaryl/α,β-unsaturated/α-hetero) is 1. The van der Waals surface area contributed by atoms with Crippen LogP contribution in [0.25, 0.3) is 5.70 Å². The number of nitro groups is 1. The average molecular weight is 498 g/mol. The van der Waals surface area contributed by atoms with Gasteiger partial charge >= 0.3 is 6.03 Å². The smallest absolute Gasteiger partial charge is 0.337 e. The zero-order valence-corrected chi connectivity index (χ0v) is 19.2. The van der Waals surface area contributed by atoms with Crippen LogP contribution >= 0.6 is 0 Å². The molecule has 0 spiro atoms. The molecule has 0 fully saturated rings. The number of ether oxygens (including phenoxy) is 1. The summed E-state index contributed by atoms with van der Waals surface area (Å²) in [6, 6.07) is 15.7. The van der Waals surface area contributed by atoms with E-state index < -0.39 is 22.9 Å². The third-order valence-electron chi connectivity index (χ3n) is 5.89. The number of benzene rings is 3. The summed E-state index contributed by atoms with van der Waals surface area (Å²) in [6.45, 7) is 0. The van der Waals surface area contributed by atoms with Gasteiger partial charge in [-0.25, -0.2) is 10.2 Å². The Morgan fingerprint density at radius 1 is 1.03 bits per heavy atom. The monoisotopic (exact) mass is 498 g/mol. The lowest BCUT2D eigenvalue weighted by atomic mass is 10.0. The molecule has 37 heavy (non-hydrogen) atoms. The highest BCUT2D eigenvalue weighted by Crippen LogP contribution is 2.49. The molecular formula is C25H18N6O6. The van der Waals surface area contributed by atoms with Crippen LogP contribution in [0.2, 0.25) is 0 Å². The standard InChI is InChI=1S/C25H18N6O6/c1-37-16-10-8-13(9-11-16)21-20-22(28-27-21)17-6-3-7-18(19(17)23(20)32)26-25(34)30-29-24(33)14-4-2-5-15(12-14)31(35)36/h2-12,22H,1H3,(H,29,33)(H2,26,30,34). The van der Waals surface area contributed by atoms with Gasteiger partial charge in [-0.1, -0.05) is 18.2 Å². The van der Waals surface area contributed by atoms with Gasteiger partial charge in [0.25, 0.3) is 11.6 Å². The third-order valence-corrected chi connectivity index (χ3v) is 5.89. The number of fused-ring (bicyclic) bond motifs is 3. The van der Waals surface area contributed by atoms with Crippen molar-refractivity contribution in [2.75, 3.05) is 12.4 Å². The summed E-state index contributed by atoms with van der Waals surface area (Å²) in [6.07, 6.45) is 0. The highest BCUT2D eigenvalue weighted by molar-refractivity contribution is 6.22. The number of urea groups is 1. The normalized spacial score (nSPS) is 15.2. The first-order valence-electron chi connectivity index (χ1n) is 11.0. The molecule has 3 aromatic rings. The van der Waals surface area contributed by atoms with Crippen molar-refractivity contribution >= 4 is 34.8 Å². The number of ketones is 1. The van der Waals surface area contributed by atoms with E-state index in [1.165, 1.54) is 18.2 Å². The Morgan fingerprint density at radius 3 is 2.51 bits per heavy atom. The molecule has 3 amide bonds. The molecule has 184 valence electrons. The number of carbonyl (C=O) groups is 3. The van der Waals surface area contributed by atoms with Gasteiger partial charge < -0.3 is 10.1 Å². The minimum Gasteiger partial charge on any atom is -0.497 e. The number of nitrogens with one attached hydrogen (secondary N) is 3. The number of amides is 3. The lowest BCUT2D eigenvalue weighted by molar-refractivity contribution is -0.384. The van der Waals surface area contributed by atoms with E-state index >= 15 is 0 Å². The van der Waals surface area contributed by atoms with E-state index in [0.29, 0.717) is 28.1 Å². The van der Waals surface area contributed by atoms with Gasteiger partial charge in [0.05, 0.1) is 28.9 Å². The molecule has 3 N–H and O–H groups in total. The fourth-order valence-corrected chi connectivity index (χ4v) is 4.16. The predicted molar refractivity (Wildman–Crippen MR) is 131 cm³/mol. The fraction of sp³-hybridized carbons (Fsp3) is 0.0800. The number of hydrogen-bond acceptors (Lipinski definition) is 8. The van der Waals surface area contributed by atoms with Crippen LogP contribution in [0, 0.1) is 10.1 Å². The van der Waals surface area contributed by atoms with Crippen molar-refractivity contribution in [3.63, 3.8) is 0 Å². The second-order valence-corrected chi connectivity index (χ2v) is 8.05. The topological polar surface area (TPSA) is 164 Å². The summed E-state index contributed by atoms with van der Waals surface area (Å²) >= 11 is 0. The van der Waals surface area contributed by atoms with Crippen molar-refractivity contribution in [3.05, 3.63) is 105 Å². The predicted octanol–water partition coefficient (Wildman–Crippen LogP) is 4.18. The first-order chi connectivity index (χ1) is 17.9. The molecule has 1 aliphatic carbocycles. The van der Waals surface area contributed by atoms with Crippen molar-refractivity contribution in [2.24, 2.45) is 10.2 Å². The maximum atomic E-state index is 13.4. The minimum absolute atomic E-state index is 0.0125. The van der Waals surface area contributed by atoms with Crippen molar-refractivity contribution in [1.82, 2.24) is 10.9 Å². The number of anilines is 1. The Labute approximate surface area is 209 Å². The van der Waals surface area contributed by atoms with Gasteiger partial charge in [0.1, 0.15) is 17.5 Å². The van der Waals surface area contributed by atoms with Crippen LogP contribution in [-0.2, 0) is 0 Å². The van der Waals surface area contributed by atoms with E-state index in [2.05, 4.69) is 26.4 Å². The molecule has 1 aliphatic heterocycles. The third kappa shape index (κ3) is 4.27. The van der Waals surface area contributed by atoms with Crippen LogP contribution in [0.5, 0.6) is 5.75 Å². The Kier molecular flexibility index (Phi) is 5.89. The molecule has 0 aromatic heterocycles. The van der Waals surface area contributed by atoms with Gasteiger partial charge in [0, 0.05) is 23.3 Å². The molecule has 0 bridgehead atoms. The first-order valence-corrected chi connectivity index (χ1v) is 11.0. The van der Waals surface area contributed by atoms with Crippen LogP contribution in [0.4, 0.5) is 16.2 Å². The van der Waals surface area contributed by atoms with E-state index in [4.69, 9.17) is 4.74 Å². The Balaban J connectivity index is 1.33. The molecule has 12 nitrogen and oxygen atoms in total. The van der Waals surface area contributed by atoms with Crippen molar-refractivity contribution in [3.8, 4) is 5.75 Å². The highest BCUT2D eigenvalue weighted by atomic mass is 16.6. The fourth-order valence-electron chi connectivity index (χ4n) is 4.16. The number of rotatable bonds is 5. The van der Waals surface area contributed by atoms with Crippen LogP contribution in [-0.4, -0.2) is 29.8 Å². The second-order valence-electron chi connectivity index (χ2n) is 8.05. The van der Waals surface area contributed by atoms with Gasteiger partial charge in [0.2, 0.25) is 0 Å². The Bertz CT molecular complexity index is 1530. The number of hydrazine groups is 1. The van der Waals surface area contributed by atoms with E-state index in [-0.39, 0.29) is 28.3 Å². The Hall–Kier alpha value is -5.39. The zero-order chi connectivity index (χ0) is 26.1. The summed E-state index contributed by atoms with van der Waals surface area (Å²) < 4.78 is 5.18. The number of nitro benzene ring substituents is 1. The van der Waals surface area contributed by atoms with Gasteiger partial charge in [-0.3, -0.25) is 25.1 Å². The minimum atomic E-state index is -0.817. The number of methoxy groups -OCH3 is 1. The van der Waals surface area contributed by atoms with Gasteiger partial charge in [0.15, 0.2) is 5.78 Å². The molecule has 5 rings (SSSR count). The van der Waals surface area contributed by atoms with Gasteiger partial charge in [-0.2, -0.15) is 10.2 Å². The molecule has 0 saturated carbocycles. The number of carbonyl (C=O) groups excluding carboxylic acids is 3. The lowest BCUT2D eigenvalue weighted by Gasteiger charge is -2.12. The molecule has 3 aromatic carbocycles. The first kappa shape index (κ1) is 23.4. The van der Waals surface area contributed by atoms with Gasteiger partial charge in [-0.05, 0) is 42.0 Å². The summed E-state index contributed by atoms with van der Waals surface area (Å²) in [7, 11) is 1.56. The summed E-state index contributed by atoms with van der Waals surface area (Å²) in [5, 5.41) is 22.0. The largest absolute Gasteiger partial charge is 0.497 e. The van der Waals surface area contributed by atoms with E-state index in [1.807, 2.05) is 0 Å². The van der Waals surface area contributed by atoms with E-state index in [0.717, 1.165) is 6.07 Å². The number of non-ortho nitro benzene ring substituents is 1. The van der Waals surface area contributed by atoms with Crippen LogP contribution in [0.1, 0.15) is 37.9 Å². The van der Waals surface area contributed by atoms with Crippen molar-refractivity contribution in [2.45, 2.75) is 6.04 Å². The van der Waals surface area contributed by atoms with Crippen molar-refractivity contribution < 1.29 is 24.0 Å². The molecule has 1 unspecified atom stereocenters. The molecule has 2 aliphatic rings. The van der Waals surface area contributed by atoms with Crippen molar-refractivity contribution in [1.29, 1.82) is 0 Å². The molecule has 12 heteroatoms. The molecular weight excluding hydrogens is 480 g/mol. The quantitative estimate of drug-likeness (QED) is 0.353. The molecule has 1 heterocycles. The number of nitrogens with zero attached hydrogens (tertiary/aromatic N) is 3.